The highest BCUT2D eigenvalue weighted by atomic mass is 32.2. The summed E-state index contributed by atoms with van der Waals surface area (Å²) < 4.78 is 30.3. The molecule has 2 aromatic rings. The first-order chi connectivity index (χ1) is 18.8. The van der Waals surface area contributed by atoms with Gasteiger partial charge in [-0.2, -0.15) is 0 Å². The Balaban J connectivity index is 0.00000170. The molecule has 1 aliphatic rings. The van der Waals surface area contributed by atoms with Crippen LogP contribution in [0, 0.1) is 0 Å². The van der Waals surface area contributed by atoms with Crippen LogP contribution in [0.4, 0.5) is 0 Å². The molecule has 1 heterocycles. The SMILES string of the molecule is O=CO.O=S1(=O)CCCc2ccc(CCCCOCCCCCCNC[C@H](O)c3ccc(O)c(CO)c3)cc21. The fourth-order valence-electron chi connectivity index (χ4n) is 4.55. The summed E-state index contributed by atoms with van der Waals surface area (Å²) in [4.78, 5) is 8.91. The van der Waals surface area contributed by atoms with Crippen LogP contribution in [-0.4, -0.2) is 67.4 Å². The summed E-state index contributed by atoms with van der Waals surface area (Å²) in [6.07, 6.45) is 8.00. The number of unbranched alkanes of at least 4 members (excludes halogenated alkanes) is 4. The minimum atomic E-state index is -3.09. The van der Waals surface area contributed by atoms with Gasteiger partial charge < -0.3 is 30.5 Å². The molecular weight excluding hydrogens is 522 g/mol. The zero-order chi connectivity index (χ0) is 28.5. The number of hydrogen-bond donors (Lipinski definition) is 5. The van der Waals surface area contributed by atoms with Gasteiger partial charge in [-0.25, -0.2) is 8.42 Å². The summed E-state index contributed by atoms with van der Waals surface area (Å²) in [5.74, 6) is 0.306. The standard InChI is InChI=1S/C28H41NO6S.CH2O2/c30-21-25-19-24(12-13-26(25)31)27(32)20-29-14-4-1-2-5-15-35-16-6-3-8-22-10-11-23-9-7-17-36(33,34)28(23)18-22;2-1-3/h10-13,18-19,27,29-32H,1-9,14-17,20-21H2;1H,(H,2,3)/t27-;/m0./s1. The van der Waals surface area contributed by atoms with Gasteiger partial charge in [0.25, 0.3) is 6.47 Å². The van der Waals surface area contributed by atoms with Gasteiger partial charge in [0.05, 0.1) is 23.4 Å². The number of nitrogens with one attached hydrogen (secondary N) is 1. The third-order valence-corrected chi connectivity index (χ3v) is 8.59. The quantitative estimate of drug-likeness (QED) is 0.152. The molecule has 0 fully saturated rings. The maximum atomic E-state index is 12.3. The molecule has 1 aliphatic heterocycles. The Kier molecular flexibility index (Phi) is 15.1. The van der Waals surface area contributed by atoms with Crippen LogP contribution in [0.3, 0.4) is 0 Å². The Bertz CT molecular complexity index is 1110. The fourth-order valence-corrected chi connectivity index (χ4v) is 6.20. The van der Waals surface area contributed by atoms with E-state index in [-0.39, 0.29) is 24.6 Å². The first kappa shape index (κ1) is 32.7. The molecule has 0 amide bonds. The van der Waals surface area contributed by atoms with E-state index in [4.69, 9.17) is 14.6 Å². The average molecular weight is 566 g/mol. The molecule has 2 aromatic carbocycles. The summed E-state index contributed by atoms with van der Waals surface area (Å²) in [5.41, 5.74) is 3.16. The van der Waals surface area contributed by atoms with Crippen molar-refractivity contribution >= 4 is 16.3 Å². The molecule has 0 bridgehead atoms. The van der Waals surface area contributed by atoms with Crippen molar-refractivity contribution in [3.05, 3.63) is 58.7 Å². The number of aliphatic hydroxyl groups is 2. The monoisotopic (exact) mass is 565 g/mol. The maximum absolute atomic E-state index is 12.3. The van der Waals surface area contributed by atoms with Gasteiger partial charge >= 0.3 is 0 Å². The molecular formula is C29H43NO8S. The van der Waals surface area contributed by atoms with Crippen molar-refractivity contribution < 1.29 is 38.4 Å². The Morgan fingerprint density at radius 2 is 1.72 bits per heavy atom. The second kappa shape index (κ2) is 18.0. The molecule has 3 rings (SSSR count). The number of aliphatic hydroxyl groups excluding tert-OH is 2. The van der Waals surface area contributed by atoms with Crippen molar-refractivity contribution in [2.75, 3.05) is 32.1 Å². The molecule has 10 heteroatoms. The van der Waals surface area contributed by atoms with Crippen molar-refractivity contribution in [2.24, 2.45) is 0 Å². The van der Waals surface area contributed by atoms with Crippen LogP contribution < -0.4 is 5.32 Å². The average Bonchev–Trinajstić information content (AvgIpc) is 2.92. The van der Waals surface area contributed by atoms with E-state index >= 15 is 0 Å². The predicted octanol–water partition coefficient (Wildman–Crippen LogP) is 3.53. The van der Waals surface area contributed by atoms with E-state index in [1.165, 1.54) is 6.07 Å². The van der Waals surface area contributed by atoms with Gasteiger partial charge in [0.1, 0.15) is 5.75 Å². The number of benzene rings is 2. The lowest BCUT2D eigenvalue weighted by atomic mass is 10.0. The lowest BCUT2D eigenvalue weighted by molar-refractivity contribution is -0.122. The van der Waals surface area contributed by atoms with Crippen LogP contribution in [0.5, 0.6) is 5.75 Å². The maximum Gasteiger partial charge on any atom is 0.290 e. The Labute approximate surface area is 231 Å². The molecule has 0 radical (unpaired) electrons. The minimum absolute atomic E-state index is 0.0371. The van der Waals surface area contributed by atoms with Crippen LogP contribution in [0.15, 0.2) is 41.3 Å². The number of aromatic hydroxyl groups is 1. The molecule has 0 spiro atoms. The summed E-state index contributed by atoms with van der Waals surface area (Å²) in [6.45, 7) is 2.25. The smallest absolute Gasteiger partial charge is 0.290 e. The fraction of sp³-hybridized carbons (Fsp3) is 0.552. The molecule has 0 saturated carbocycles. The van der Waals surface area contributed by atoms with Crippen LogP contribution in [0.2, 0.25) is 0 Å². The third kappa shape index (κ3) is 11.6. The first-order valence-corrected chi connectivity index (χ1v) is 15.3. The number of ether oxygens (including phenoxy) is 1. The molecule has 0 aromatic heterocycles. The predicted molar refractivity (Wildman–Crippen MR) is 150 cm³/mol. The third-order valence-electron chi connectivity index (χ3n) is 6.72. The lowest BCUT2D eigenvalue weighted by Crippen LogP contribution is -2.22. The molecule has 218 valence electrons. The molecule has 1 atom stereocenters. The second-order valence-corrected chi connectivity index (χ2v) is 11.8. The van der Waals surface area contributed by atoms with Crippen molar-refractivity contribution in [3.63, 3.8) is 0 Å². The van der Waals surface area contributed by atoms with E-state index in [1.54, 1.807) is 12.1 Å². The van der Waals surface area contributed by atoms with Crippen molar-refractivity contribution in [1.29, 1.82) is 0 Å². The number of sulfone groups is 1. The van der Waals surface area contributed by atoms with E-state index in [0.29, 0.717) is 22.6 Å². The Morgan fingerprint density at radius 3 is 2.46 bits per heavy atom. The largest absolute Gasteiger partial charge is 0.508 e. The van der Waals surface area contributed by atoms with Crippen LogP contribution in [0.1, 0.15) is 73.3 Å². The van der Waals surface area contributed by atoms with E-state index in [0.717, 1.165) is 88.7 Å². The number of aryl methyl sites for hydroxylation is 2. The molecule has 5 N–H and O–H groups in total. The normalized spacial score (nSPS) is 14.6. The van der Waals surface area contributed by atoms with E-state index in [1.807, 2.05) is 12.1 Å². The highest BCUT2D eigenvalue weighted by Gasteiger charge is 2.23. The molecule has 0 aliphatic carbocycles. The van der Waals surface area contributed by atoms with Crippen LogP contribution >= 0.6 is 0 Å². The highest BCUT2D eigenvalue weighted by Crippen LogP contribution is 2.26. The van der Waals surface area contributed by atoms with Crippen LogP contribution in [-0.2, 0) is 38.8 Å². The van der Waals surface area contributed by atoms with Crippen molar-refractivity contribution in [3.8, 4) is 5.75 Å². The number of hydrogen-bond acceptors (Lipinski definition) is 8. The van der Waals surface area contributed by atoms with E-state index in [2.05, 4.69) is 11.4 Å². The molecule has 0 unspecified atom stereocenters. The number of carbonyl (C=O) groups is 1. The number of rotatable bonds is 16. The van der Waals surface area contributed by atoms with Crippen molar-refractivity contribution in [1.82, 2.24) is 5.32 Å². The van der Waals surface area contributed by atoms with E-state index in [9.17, 15) is 23.7 Å². The van der Waals surface area contributed by atoms with Gasteiger partial charge in [0.2, 0.25) is 0 Å². The van der Waals surface area contributed by atoms with Crippen molar-refractivity contribution in [2.45, 2.75) is 75.4 Å². The van der Waals surface area contributed by atoms with Crippen LogP contribution in [0.25, 0.3) is 0 Å². The topological polar surface area (TPSA) is 153 Å². The summed E-state index contributed by atoms with van der Waals surface area (Å²) >= 11 is 0. The first-order valence-electron chi connectivity index (χ1n) is 13.6. The minimum Gasteiger partial charge on any atom is -0.508 e. The zero-order valence-corrected chi connectivity index (χ0v) is 23.4. The molecule has 0 saturated heterocycles. The Hall–Kier alpha value is -2.50. The van der Waals surface area contributed by atoms with Gasteiger partial charge in [-0.1, -0.05) is 31.0 Å². The van der Waals surface area contributed by atoms with Gasteiger partial charge in [-0.3, -0.25) is 4.79 Å². The Morgan fingerprint density at radius 1 is 1.00 bits per heavy atom. The molecule has 39 heavy (non-hydrogen) atoms. The number of fused-ring (bicyclic) bond motifs is 1. The highest BCUT2D eigenvalue weighted by molar-refractivity contribution is 7.91. The number of phenols is 1. The zero-order valence-electron chi connectivity index (χ0n) is 22.6. The molecule has 9 nitrogen and oxygen atoms in total. The lowest BCUT2D eigenvalue weighted by Gasteiger charge is -2.17. The number of carboxylic acid groups (broad SMARTS) is 1. The van der Waals surface area contributed by atoms with Gasteiger partial charge in [-0.15, -0.1) is 0 Å². The van der Waals surface area contributed by atoms with Gasteiger partial charge in [-0.05, 0) is 86.4 Å². The van der Waals surface area contributed by atoms with Gasteiger partial charge in [0.15, 0.2) is 9.84 Å². The summed E-state index contributed by atoms with van der Waals surface area (Å²) in [5, 5.41) is 39.2. The second-order valence-electron chi connectivity index (χ2n) is 9.72. The van der Waals surface area contributed by atoms with E-state index < -0.39 is 15.9 Å². The van der Waals surface area contributed by atoms with Gasteiger partial charge in [0, 0.05) is 25.3 Å². The summed E-state index contributed by atoms with van der Waals surface area (Å²) in [7, 11) is -3.09. The summed E-state index contributed by atoms with van der Waals surface area (Å²) in [6, 6.07) is 10.7.